The van der Waals surface area contributed by atoms with Gasteiger partial charge in [0.2, 0.25) is 5.91 Å². The van der Waals surface area contributed by atoms with E-state index in [9.17, 15) is 14.7 Å². The molecule has 2 rings (SSSR count). The summed E-state index contributed by atoms with van der Waals surface area (Å²) in [6.45, 7) is 6.26. The number of aliphatic hydroxyl groups excluding tert-OH is 1. The van der Waals surface area contributed by atoms with Gasteiger partial charge in [-0.1, -0.05) is 12.1 Å². The number of aliphatic hydroxyl groups is 1. The van der Waals surface area contributed by atoms with Crippen molar-refractivity contribution in [3.05, 3.63) is 29.3 Å². The van der Waals surface area contributed by atoms with Gasteiger partial charge >= 0.3 is 5.97 Å². The first-order valence-electron chi connectivity index (χ1n) is 7.25. The molecule has 1 aromatic rings. The number of fused-ring (bicyclic) bond motifs is 1. The molecule has 5 nitrogen and oxygen atoms in total. The average molecular weight is 291 g/mol. The number of amides is 1. The summed E-state index contributed by atoms with van der Waals surface area (Å²) in [6, 6.07) is 5.59. The van der Waals surface area contributed by atoms with Crippen LogP contribution in [0.4, 0.5) is 5.69 Å². The largest absolute Gasteiger partial charge is 0.466 e. The predicted molar refractivity (Wildman–Crippen MR) is 78.9 cm³/mol. The highest BCUT2D eigenvalue weighted by Gasteiger charge is 2.40. The molecule has 0 radical (unpaired) electrons. The lowest BCUT2D eigenvalue weighted by atomic mass is 9.84. The summed E-state index contributed by atoms with van der Waals surface area (Å²) in [5.74, 6) is -1.46. The van der Waals surface area contributed by atoms with Crippen molar-refractivity contribution in [3.63, 3.8) is 0 Å². The molecule has 0 spiro atoms. The van der Waals surface area contributed by atoms with Crippen molar-refractivity contribution >= 4 is 17.6 Å². The van der Waals surface area contributed by atoms with Crippen molar-refractivity contribution in [2.45, 2.75) is 33.3 Å². The summed E-state index contributed by atoms with van der Waals surface area (Å²) in [7, 11) is 0. The van der Waals surface area contributed by atoms with Gasteiger partial charge in [-0.25, -0.2) is 0 Å². The van der Waals surface area contributed by atoms with Crippen LogP contribution in [0.5, 0.6) is 0 Å². The second-order valence-corrected chi connectivity index (χ2v) is 5.15. The Kier molecular flexibility index (Phi) is 4.63. The second-order valence-electron chi connectivity index (χ2n) is 5.15. The van der Waals surface area contributed by atoms with Crippen LogP contribution in [0.1, 0.15) is 37.5 Å². The molecule has 1 aliphatic rings. The Morgan fingerprint density at radius 1 is 1.38 bits per heavy atom. The van der Waals surface area contributed by atoms with Crippen molar-refractivity contribution in [2.75, 3.05) is 18.1 Å². The van der Waals surface area contributed by atoms with E-state index in [1.807, 2.05) is 32.0 Å². The predicted octanol–water partition coefficient (Wildman–Crippen LogP) is 1.96. The molecule has 0 saturated carbocycles. The average Bonchev–Trinajstić information content (AvgIpc) is 2.44. The summed E-state index contributed by atoms with van der Waals surface area (Å²) >= 11 is 0. The van der Waals surface area contributed by atoms with Crippen LogP contribution >= 0.6 is 0 Å². The van der Waals surface area contributed by atoms with Gasteiger partial charge in [-0.05, 0) is 32.4 Å². The molecule has 1 aromatic carbocycles. The minimum Gasteiger partial charge on any atom is -0.466 e. The van der Waals surface area contributed by atoms with Gasteiger partial charge in [0.15, 0.2) is 0 Å². The fourth-order valence-corrected chi connectivity index (χ4v) is 2.87. The number of anilines is 1. The minimum absolute atomic E-state index is 0.0991. The lowest BCUT2D eigenvalue weighted by Crippen LogP contribution is -2.44. The Bertz CT molecular complexity index is 555. The number of hydrogen-bond donors (Lipinski definition) is 1. The van der Waals surface area contributed by atoms with Crippen molar-refractivity contribution in [3.8, 4) is 0 Å². The fraction of sp³-hybridized carbons (Fsp3) is 0.500. The molecule has 0 bridgehead atoms. The van der Waals surface area contributed by atoms with Gasteiger partial charge in [0, 0.05) is 17.8 Å². The first-order valence-corrected chi connectivity index (χ1v) is 7.25. The molecule has 5 heteroatoms. The number of esters is 1. The Labute approximate surface area is 124 Å². The molecule has 0 fully saturated rings. The summed E-state index contributed by atoms with van der Waals surface area (Å²) in [5, 5.41) is 10.5. The number of benzene rings is 1. The van der Waals surface area contributed by atoms with Crippen LogP contribution in [-0.2, 0) is 14.3 Å². The molecule has 0 aromatic heterocycles. The third-order valence-electron chi connectivity index (χ3n) is 3.86. The zero-order valence-electron chi connectivity index (χ0n) is 12.6. The maximum atomic E-state index is 12.5. The Morgan fingerprint density at radius 2 is 2.10 bits per heavy atom. The summed E-state index contributed by atoms with van der Waals surface area (Å²) in [4.78, 5) is 25.9. The number of carbonyl (C=O) groups is 2. The highest BCUT2D eigenvalue weighted by atomic mass is 16.5. The van der Waals surface area contributed by atoms with Crippen LogP contribution < -0.4 is 4.90 Å². The molecule has 2 unspecified atom stereocenters. The topological polar surface area (TPSA) is 66.8 Å². The van der Waals surface area contributed by atoms with Crippen molar-refractivity contribution < 1.29 is 19.4 Å². The first kappa shape index (κ1) is 15.5. The van der Waals surface area contributed by atoms with Gasteiger partial charge in [0.25, 0.3) is 0 Å². The Balaban J connectivity index is 2.40. The quantitative estimate of drug-likeness (QED) is 0.861. The number of rotatable bonds is 4. The number of ether oxygens (including phenoxy) is 1. The first-order chi connectivity index (χ1) is 10.0. The van der Waals surface area contributed by atoms with Crippen LogP contribution in [0.2, 0.25) is 0 Å². The molecule has 1 aliphatic heterocycles. The maximum absolute atomic E-state index is 12.5. The van der Waals surface area contributed by atoms with Gasteiger partial charge in [-0.15, -0.1) is 0 Å². The van der Waals surface area contributed by atoms with E-state index < -0.39 is 18.0 Å². The van der Waals surface area contributed by atoms with Crippen molar-refractivity contribution in [2.24, 2.45) is 5.92 Å². The standard InChI is InChI=1S/C16H21NO4/c1-4-17-12-8-6-7-10(3)14(12)15(19)11(16(17)20)9-13(18)21-5-2/h6-8,11,15,19H,4-5,9H2,1-3H3. The lowest BCUT2D eigenvalue weighted by molar-refractivity contribution is -0.148. The zero-order valence-corrected chi connectivity index (χ0v) is 12.6. The van der Waals surface area contributed by atoms with Crippen LogP contribution in [0.25, 0.3) is 0 Å². The molecule has 1 heterocycles. The molecule has 2 atom stereocenters. The molecular formula is C16H21NO4. The number of aryl methyl sites for hydroxylation is 1. The molecule has 1 N–H and O–H groups in total. The Hall–Kier alpha value is -1.88. The molecule has 114 valence electrons. The molecule has 1 amide bonds. The minimum atomic E-state index is -0.971. The van der Waals surface area contributed by atoms with E-state index in [-0.39, 0.29) is 18.9 Å². The van der Waals surface area contributed by atoms with Crippen LogP contribution in [0.15, 0.2) is 18.2 Å². The normalized spacial score (nSPS) is 21.1. The zero-order chi connectivity index (χ0) is 15.6. The summed E-state index contributed by atoms with van der Waals surface area (Å²) in [5.41, 5.74) is 2.38. The molecule has 0 saturated heterocycles. The van der Waals surface area contributed by atoms with Gasteiger partial charge in [0.1, 0.15) is 0 Å². The van der Waals surface area contributed by atoms with Gasteiger partial charge < -0.3 is 14.7 Å². The molecule has 0 aliphatic carbocycles. The number of nitrogens with zero attached hydrogens (tertiary/aromatic N) is 1. The summed E-state index contributed by atoms with van der Waals surface area (Å²) in [6.07, 6.45) is -1.07. The van der Waals surface area contributed by atoms with E-state index in [4.69, 9.17) is 4.74 Å². The fourth-order valence-electron chi connectivity index (χ4n) is 2.87. The van der Waals surface area contributed by atoms with Crippen LogP contribution in [0.3, 0.4) is 0 Å². The van der Waals surface area contributed by atoms with Crippen molar-refractivity contribution in [1.82, 2.24) is 0 Å². The van der Waals surface area contributed by atoms with E-state index in [1.54, 1.807) is 11.8 Å². The van der Waals surface area contributed by atoms with Gasteiger partial charge in [-0.3, -0.25) is 9.59 Å². The van der Waals surface area contributed by atoms with E-state index in [0.29, 0.717) is 6.54 Å². The number of hydrogen-bond acceptors (Lipinski definition) is 4. The molecule has 21 heavy (non-hydrogen) atoms. The highest BCUT2D eigenvalue weighted by Crippen LogP contribution is 2.41. The monoisotopic (exact) mass is 291 g/mol. The lowest BCUT2D eigenvalue weighted by Gasteiger charge is -2.37. The second kappa shape index (κ2) is 6.26. The van der Waals surface area contributed by atoms with E-state index in [1.165, 1.54) is 0 Å². The van der Waals surface area contributed by atoms with Gasteiger partial charge in [0.05, 0.1) is 25.0 Å². The van der Waals surface area contributed by atoms with Gasteiger partial charge in [-0.2, -0.15) is 0 Å². The Morgan fingerprint density at radius 3 is 2.71 bits per heavy atom. The smallest absolute Gasteiger partial charge is 0.306 e. The SMILES string of the molecule is CCOC(=O)CC1C(=O)N(CC)c2cccc(C)c2C1O. The number of carbonyl (C=O) groups excluding carboxylic acids is 2. The maximum Gasteiger partial charge on any atom is 0.306 e. The van der Waals surface area contributed by atoms with E-state index in [0.717, 1.165) is 16.8 Å². The third kappa shape index (κ3) is 2.78. The summed E-state index contributed by atoms with van der Waals surface area (Å²) < 4.78 is 4.91. The van der Waals surface area contributed by atoms with E-state index >= 15 is 0 Å². The van der Waals surface area contributed by atoms with Crippen molar-refractivity contribution in [1.29, 1.82) is 0 Å². The molecular weight excluding hydrogens is 270 g/mol. The third-order valence-corrected chi connectivity index (χ3v) is 3.86. The van der Waals surface area contributed by atoms with E-state index in [2.05, 4.69) is 0 Å². The highest BCUT2D eigenvalue weighted by molar-refractivity contribution is 6.00. The van der Waals surface area contributed by atoms with Crippen LogP contribution in [-0.4, -0.2) is 30.1 Å². The van der Waals surface area contributed by atoms with Crippen LogP contribution in [0, 0.1) is 12.8 Å².